The first-order valence-electron chi connectivity index (χ1n) is 8.02. The molecule has 0 saturated heterocycles. The smallest absolute Gasteiger partial charge is 0.418 e. The lowest BCUT2D eigenvalue weighted by Crippen LogP contribution is -2.30. The van der Waals surface area contributed by atoms with Crippen molar-refractivity contribution in [3.63, 3.8) is 0 Å². The Hall–Kier alpha value is -2.87. The monoisotopic (exact) mass is 380 g/mol. The molecule has 0 aliphatic carbocycles. The van der Waals surface area contributed by atoms with Gasteiger partial charge in [0.1, 0.15) is 0 Å². The molecule has 0 unspecified atom stereocenters. The molecule has 0 radical (unpaired) electrons. The minimum atomic E-state index is -4.54. The molecule has 1 N–H and O–H groups in total. The van der Waals surface area contributed by atoms with Crippen molar-refractivity contribution in [2.24, 2.45) is 0 Å². The Morgan fingerprint density at radius 3 is 2.30 bits per heavy atom. The maximum Gasteiger partial charge on any atom is 0.418 e. The molecule has 27 heavy (non-hydrogen) atoms. The van der Waals surface area contributed by atoms with Crippen molar-refractivity contribution in [1.29, 1.82) is 0 Å². The average Bonchev–Trinajstić information content (AvgIpc) is 2.61. The number of amides is 1. The molecule has 8 heteroatoms. The second-order valence-electron chi connectivity index (χ2n) is 5.95. The van der Waals surface area contributed by atoms with Crippen LogP contribution in [0.15, 0.2) is 48.5 Å². The van der Waals surface area contributed by atoms with Gasteiger partial charge in [-0.1, -0.05) is 24.3 Å². The molecule has 0 aliphatic heterocycles. The number of para-hydroxylation sites is 1. The number of carbonyl (C=O) groups excluding carboxylic acids is 2. The number of hydrogen-bond acceptors (Lipinski definition) is 4. The number of rotatable bonds is 6. The fraction of sp³-hybridized carbons (Fsp3) is 0.263. The summed E-state index contributed by atoms with van der Waals surface area (Å²) >= 11 is 0. The molecular formula is C19H19F3N2O3. The molecule has 2 rings (SSSR count). The molecule has 0 fully saturated rings. The van der Waals surface area contributed by atoms with Crippen molar-refractivity contribution in [1.82, 2.24) is 4.90 Å². The van der Waals surface area contributed by atoms with E-state index in [2.05, 4.69) is 10.1 Å². The molecule has 0 spiro atoms. The lowest BCUT2D eigenvalue weighted by Gasteiger charge is -2.18. The van der Waals surface area contributed by atoms with E-state index in [4.69, 9.17) is 0 Å². The summed E-state index contributed by atoms with van der Waals surface area (Å²) in [5, 5.41) is 2.30. The van der Waals surface area contributed by atoms with Crippen LogP contribution >= 0.6 is 0 Å². The lowest BCUT2D eigenvalue weighted by atomic mass is 10.1. The standard InChI is InChI=1S/C19H19F3N2O3/c1-24(11-13-7-9-14(10-8-13)18(26)27-2)12-17(25)23-16-6-4-3-5-15(16)19(20,21)22/h3-10H,11-12H2,1-2H3,(H,23,25). The summed E-state index contributed by atoms with van der Waals surface area (Å²) in [5.74, 6) is -1.00. The first-order valence-corrected chi connectivity index (χ1v) is 8.02. The second kappa shape index (κ2) is 8.68. The maximum atomic E-state index is 13.0. The third kappa shape index (κ3) is 5.82. The summed E-state index contributed by atoms with van der Waals surface area (Å²) in [7, 11) is 2.96. The fourth-order valence-electron chi connectivity index (χ4n) is 2.51. The van der Waals surface area contributed by atoms with Gasteiger partial charge >= 0.3 is 12.1 Å². The molecule has 0 bridgehead atoms. The minimum absolute atomic E-state index is 0.0923. The van der Waals surface area contributed by atoms with Crippen molar-refractivity contribution in [2.45, 2.75) is 12.7 Å². The Bertz CT molecular complexity index is 805. The molecule has 0 saturated carbocycles. The maximum absolute atomic E-state index is 13.0. The number of ether oxygens (including phenoxy) is 1. The summed E-state index contributed by atoms with van der Waals surface area (Å²) in [4.78, 5) is 25.1. The third-order valence-electron chi connectivity index (χ3n) is 3.75. The number of hydrogen-bond donors (Lipinski definition) is 1. The van der Waals surface area contributed by atoms with Gasteiger partial charge < -0.3 is 10.1 Å². The summed E-state index contributed by atoms with van der Waals surface area (Å²) < 4.78 is 43.5. The number of anilines is 1. The fourth-order valence-corrected chi connectivity index (χ4v) is 2.51. The van der Waals surface area contributed by atoms with E-state index < -0.39 is 23.6 Å². The highest BCUT2D eigenvalue weighted by Gasteiger charge is 2.33. The normalized spacial score (nSPS) is 11.3. The first kappa shape index (κ1) is 20.4. The van der Waals surface area contributed by atoms with Crippen molar-refractivity contribution >= 4 is 17.6 Å². The van der Waals surface area contributed by atoms with E-state index in [1.807, 2.05) is 0 Å². The molecule has 1 amide bonds. The van der Waals surface area contributed by atoms with Crippen LogP contribution in [0.1, 0.15) is 21.5 Å². The van der Waals surface area contributed by atoms with Crippen LogP contribution in [0.5, 0.6) is 0 Å². The van der Waals surface area contributed by atoms with Crippen LogP contribution in [-0.4, -0.2) is 37.5 Å². The summed E-state index contributed by atoms with van der Waals surface area (Å²) in [6.45, 7) is 0.292. The van der Waals surface area contributed by atoms with Crippen molar-refractivity contribution < 1.29 is 27.5 Å². The van der Waals surface area contributed by atoms with E-state index in [1.54, 1.807) is 36.2 Å². The molecular weight excluding hydrogens is 361 g/mol. The van der Waals surface area contributed by atoms with Crippen LogP contribution in [0.4, 0.5) is 18.9 Å². The number of likely N-dealkylation sites (N-methyl/N-ethyl adjacent to an activating group) is 1. The Labute approximate surface area is 154 Å². The number of nitrogens with zero attached hydrogens (tertiary/aromatic N) is 1. The average molecular weight is 380 g/mol. The van der Waals surface area contributed by atoms with Gasteiger partial charge in [0.25, 0.3) is 0 Å². The molecule has 0 atom stereocenters. The number of halogens is 3. The van der Waals surface area contributed by atoms with Gasteiger partial charge in [-0.15, -0.1) is 0 Å². The van der Waals surface area contributed by atoms with Crippen LogP contribution in [0.2, 0.25) is 0 Å². The number of benzene rings is 2. The number of nitrogens with one attached hydrogen (secondary N) is 1. The van der Waals surface area contributed by atoms with E-state index >= 15 is 0 Å². The van der Waals surface area contributed by atoms with Gasteiger partial charge in [-0.2, -0.15) is 13.2 Å². The molecule has 0 aliphatic rings. The Morgan fingerprint density at radius 2 is 1.70 bits per heavy atom. The van der Waals surface area contributed by atoms with Crippen LogP contribution in [0, 0.1) is 0 Å². The number of esters is 1. The summed E-state index contributed by atoms with van der Waals surface area (Å²) in [6, 6.07) is 11.5. The van der Waals surface area contributed by atoms with E-state index in [0.29, 0.717) is 12.1 Å². The zero-order valence-electron chi connectivity index (χ0n) is 14.8. The van der Waals surface area contributed by atoms with E-state index in [9.17, 15) is 22.8 Å². The molecule has 144 valence electrons. The first-order chi connectivity index (χ1) is 12.7. The highest BCUT2D eigenvalue weighted by Crippen LogP contribution is 2.34. The van der Waals surface area contributed by atoms with Crippen molar-refractivity contribution in [3.8, 4) is 0 Å². The molecule has 5 nitrogen and oxygen atoms in total. The second-order valence-corrected chi connectivity index (χ2v) is 5.95. The Balaban J connectivity index is 1.96. The number of carbonyl (C=O) groups is 2. The Morgan fingerprint density at radius 1 is 1.07 bits per heavy atom. The zero-order valence-corrected chi connectivity index (χ0v) is 14.8. The minimum Gasteiger partial charge on any atom is -0.465 e. The van der Waals surface area contributed by atoms with Crippen molar-refractivity contribution in [2.75, 3.05) is 26.0 Å². The van der Waals surface area contributed by atoms with Gasteiger partial charge in [-0.25, -0.2) is 4.79 Å². The van der Waals surface area contributed by atoms with Crippen LogP contribution in [0.25, 0.3) is 0 Å². The Kier molecular flexibility index (Phi) is 6.57. The highest BCUT2D eigenvalue weighted by atomic mass is 19.4. The summed E-state index contributed by atoms with van der Waals surface area (Å²) in [5.41, 5.74) is 0.0873. The quantitative estimate of drug-likeness (QED) is 0.779. The lowest BCUT2D eigenvalue weighted by molar-refractivity contribution is -0.137. The molecule has 2 aromatic rings. The van der Waals surface area contributed by atoms with Crippen molar-refractivity contribution in [3.05, 3.63) is 65.2 Å². The number of methoxy groups -OCH3 is 1. The van der Waals surface area contributed by atoms with Gasteiger partial charge in [0.2, 0.25) is 5.91 Å². The molecule has 0 heterocycles. The van der Waals surface area contributed by atoms with Crippen LogP contribution in [0.3, 0.4) is 0 Å². The predicted octanol–water partition coefficient (Wildman–Crippen LogP) is 3.56. The largest absolute Gasteiger partial charge is 0.465 e. The van der Waals surface area contributed by atoms with E-state index in [-0.39, 0.29) is 12.2 Å². The molecule has 2 aromatic carbocycles. The van der Waals surface area contributed by atoms with Crippen LogP contribution < -0.4 is 5.32 Å². The van der Waals surface area contributed by atoms with E-state index in [0.717, 1.165) is 11.6 Å². The molecule has 0 aromatic heterocycles. The highest BCUT2D eigenvalue weighted by molar-refractivity contribution is 5.93. The van der Waals surface area contributed by atoms with Gasteiger partial charge in [0, 0.05) is 6.54 Å². The van der Waals surface area contributed by atoms with E-state index in [1.165, 1.54) is 25.3 Å². The van der Waals surface area contributed by atoms with Gasteiger partial charge in [0.05, 0.1) is 30.5 Å². The summed E-state index contributed by atoms with van der Waals surface area (Å²) in [6.07, 6.45) is -4.54. The zero-order chi connectivity index (χ0) is 20.0. The number of alkyl halides is 3. The predicted molar refractivity (Wildman–Crippen MR) is 94.2 cm³/mol. The topological polar surface area (TPSA) is 58.6 Å². The third-order valence-corrected chi connectivity index (χ3v) is 3.75. The SMILES string of the molecule is COC(=O)c1ccc(CN(C)CC(=O)Nc2ccccc2C(F)(F)F)cc1. The van der Waals surface area contributed by atoms with Gasteiger partial charge in [-0.05, 0) is 36.9 Å². The van der Waals surface area contributed by atoms with Gasteiger partial charge in [-0.3, -0.25) is 9.69 Å². The van der Waals surface area contributed by atoms with Gasteiger partial charge in [0.15, 0.2) is 0 Å². The van der Waals surface area contributed by atoms with Crippen LogP contribution in [-0.2, 0) is 22.3 Å².